The van der Waals surface area contributed by atoms with Gasteiger partial charge in [0.2, 0.25) is 0 Å². The van der Waals surface area contributed by atoms with Crippen molar-refractivity contribution in [3.05, 3.63) is 0 Å². The lowest BCUT2D eigenvalue weighted by molar-refractivity contribution is -0.107. The SMILES string of the molecule is C=O.CCC(C)COP(=O)(OCC(C)CC)OCC(C)CC(C)(C)C.CCC=O. The van der Waals surface area contributed by atoms with E-state index in [4.69, 9.17) is 18.4 Å². The van der Waals surface area contributed by atoms with Crippen LogP contribution in [-0.2, 0) is 27.7 Å². The summed E-state index contributed by atoms with van der Waals surface area (Å²) in [5.41, 5.74) is 0.224. The Morgan fingerprint density at radius 3 is 1.38 bits per heavy atom. The van der Waals surface area contributed by atoms with Gasteiger partial charge in [0.1, 0.15) is 13.1 Å². The molecule has 0 spiro atoms. The van der Waals surface area contributed by atoms with Gasteiger partial charge in [-0.15, -0.1) is 0 Å². The second-order valence-electron chi connectivity index (χ2n) is 8.81. The van der Waals surface area contributed by atoms with Crippen LogP contribution >= 0.6 is 7.82 Å². The topological polar surface area (TPSA) is 78.9 Å². The first-order chi connectivity index (χ1) is 13.4. The van der Waals surface area contributed by atoms with Gasteiger partial charge in [0, 0.05) is 6.42 Å². The van der Waals surface area contributed by atoms with E-state index in [2.05, 4.69) is 55.4 Å². The maximum absolute atomic E-state index is 12.9. The molecule has 0 aromatic rings. The van der Waals surface area contributed by atoms with Crippen molar-refractivity contribution in [1.82, 2.24) is 0 Å². The summed E-state index contributed by atoms with van der Waals surface area (Å²) in [5.74, 6) is 0.986. The first kappa shape index (κ1) is 33.1. The van der Waals surface area contributed by atoms with Gasteiger partial charge in [-0.2, -0.15) is 0 Å². The lowest BCUT2D eigenvalue weighted by Gasteiger charge is -2.26. The number of phosphoric ester groups is 1. The Labute approximate surface area is 180 Å². The van der Waals surface area contributed by atoms with Crippen LogP contribution in [0.3, 0.4) is 0 Å². The van der Waals surface area contributed by atoms with E-state index >= 15 is 0 Å². The van der Waals surface area contributed by atoms with E-state index in [0.717, 1.165) is 25.5 Å². The Morgan fingerprint density at radius 1 is 0.828 bits per heavy atom. The van der Waals surface area contributed by atoms with Gasteiger partial charge in [0.05, 0.1) is 19.8 Å². The maximum Gasteiger partial charge on any atom is 0.474 e. The highest BCUT2D eigenvalue weighted by Crippen LogP contribution is 2.51. The number of hydrogen-bond acceptors (Lipinski definition) is 6. The minimum absolute atomic E-state index is 0.224. The number of carbonyl (C=O) groups is 2. The van der Waals surface area contributed by atoms with Crippen LogP contribution < -0.4 is 0 Å². The van der Waals surface area contributed by atoms with Crippen LogP contribution in [0.2, 0.25) is 0 Å². The average molecular weight is 439 g/mol. The van der Waals surface area contributed by atoms with Gasteiger partial charge in [0.15, 0.2) is 0 Å². The molecule has 0 rings (SSSR count). The maximum atomic E-state index is 12.9. The molecular formula is C22H47O6P. The Morgan fingerprint density at radius 2 is 1.14 bits per heavy atom. The van der Waals surface area contributed by atoms with Crippen LogP contribution in [0.5, 0.6) is 0 Å². The molecule has 3 atom stereocenters. The van der Waals surface area contributed by atoms with E-state index in [1.807, 2.05) is 13.7 Å². The lowest BCUT2D eigenvalue weighted by Crippen LogP contribution is -2.17. The van der Waals surface area contributed by atoms with Gasteiger partial charge in [0.25, 0.3) is 0 Å². The number of rotatable bonds is 13. The molecule has 0 amide bonds. The second-order valence-corrected chi connectivity index (χ2v) is 10.5. The number of aldehydes is 1. The minimum atomic E-state index is -3.47. The van der Waals surface area contributed by atoms with E-state index in [1.54, 1.807) is 0 Å². The van der Waals surface area contributed by atoms with E-state index < -0.39 is 7.82 Å². The van der Waals surface area contributed by atoms with Crippen LogP contribution in [-0.4, -0.2) is 32.9 Å². The van der Waals surface area contributed by atoms with Crippen LogP contribution in [0.1, 0.15) is 88.0 Å². The molecular weight excluding hydrogens is 391 g/mol. The zero-order valence-electron chi connectivity index (χ0n) is 20.4. The summed E-state index contributed by atoms with van der Waals surface area (Å²) in [6.07, 6.45) is 4.47. The molecule has 0 fully saturated rings. The predicted octanol–water partition coefficient (Wildman–Crippen LogP) is 6.72. The fraction of sp³-hybridized carbons (Fsp3) is 0.909. The number of phosphoric acid groups is 1. The fourth-order valence-electron chi connectivity index (χ4n) is 2.11. The summed E-state index contributed by atoms with van der Waals surface area (Å²) in [6, 6.07) is 0. The smallest absolute Gasteiger partial charge is 0.307 e. The Balaban J connectivity index is -0.000000994. The first-order valence-corrected chi connectivity index (χ1v) is 12.1. The van der Waals surface area contributed by atoms with Crippen molar-refractivity contribution in [3.63, 3.8) is 0 Å². The van der Waals surface area contributed by atoms with Crippen molar-refractivity contribution in [1.29, 1.82) is 0 Å². The summed E-state index contributed by atoms with van der Waals surface area (Å²) >= 11 is 0. The summed E-state index contributed by atoms with van der Waals surface area (Å²) in [5, 5.41) is 0. The molecule has 29 heavy (non-hydrogen) atoms. The van der Waals surface area contributed by atoms with Crippen molar-refractivity contribution in [2.75, 3.05) is 19.8 Å². The van der Waals surface area contributed by atoms with Gasteiger partial charge in [-0.25, -0.2) is 4.57 Å². The highest BCUT2D eigenvalue weighted by Gasteiger charge is 2.29. The third-order valence-corrected chi connectivity index (χ3v) is 5.47. The molecule has 0 saturated carbocycles. The van der Waals surface area contributed by atoms with Crippen LogP contribution in [0.15, 0.2) is 0 Å². The Hall–Kier alpha value is -0.550. The zero-order valence-corrected chi connectivity index (χ0v) is 21.3. The highest BCUT2D eigenvalue weighted by molar-refractivity contribution is 7.48. The largest absolute Gasteiger partial charge is 0.474 e. The minimum Gasteiger partial charge on any atom is -0.307 e. The quantitative estimate of drug-likeness (QED) is 0.235. The average Bonchev–Trinajstić information content (AvgIpc) is 2.69. The molecule has 0 aliphatic rings. The molecule has 176 valence electrons. The van der Waals surface area contributed by atoms with E-state index in [-0.39, 0.29) is 5.41 Å². The van der Waals surface area contributed by atoms with Crippen molar-refractivity contribution in [3.8, 4) is 0 Å². The normalized spacial score (nSPS) is 16.2. The Bertz CT molecular complexity index is 404. The predicted molar refractivity (Wildman–Crippen MR) is 121 cm³/mol. The molecule has 0 aromatic heterocycles. The first-order valence-electron chi connectivity index (χ1n) is 10.7. The summed E-state index contributed by atoms with van der Waals surface area (Å²) < 4.78 is 29.6. The molecule has 3 unspecified atom stereocenters. The van der Waals surface area contributed by atoms with Gasteiger partial charge in [-0.05, 0) is 29.6 Å². The third kappa shape index (κ3) is 23.6. The molecule has 7 heteroatoms. The molecule has 0 aromatic carbocycles. The molecule has 0 aliphatic heterocycles. The van der Waals surface area contributed by atoms with Crippen LogP contribution in [0, 0.1) is 23.2 Å². The molecule has 0 saturated heterocycles. The van der Waals surface area contributed by atoms with Gasteiger partial charge in [-0.3, -0.25) is 13.6 Å². The summed E-state index contributed by atoms with van der Waals surface area (Å²) in [4.78, 5) is 17.2. The second kappa shape index (κ2) is 19.4. The van der Waals surface area contributed by atoms with E-state index in [9.17, 15) is 9.36 Å². The van der Waals surface area contributed by atoms with Crippen LogP contribution in [0.4, 0.5) is 0 Å². The highest BCUT2D eigenvalue weighted by atomic mass is 31.2. The fourth-order valence-corrected chi connectivity index (χ4v) is 3.64. The molecule has 0 N–H and O–H groups in total. The Kier molecular flexibility index (Phi) is 22.2. The summed E-state index contributed by atoms with van der Waals surface area (Å²) in [6.45, 7) is 22.0. The van der Waals surface area contributed by atoms with Crippen molar-refractivity contribution in [2.45, 2.75) is 88.0 Å². The molecule has 0 bridgehead atoms. The number of carbonyl (C=O) groups excluding carboxylic acids is 2. The van der Waals surface area contributed by atoms with Gasteiger partial charge in [-0.1, -0.05) is 75.2 Å². The van der Waals surface area contributed by atoms with Gasteiger partial charge >= 0.3 is 7.82 Å². The number of hydrogen-bond donors (Lipinski definition) is 0. The van der Waals surface area contributed by atoms with Crippen LogP contribution in [0.25, 0.3) is 0 Å². The van der Waals surface area contributed by atoms with Crippen molar-refractivity contribution in [2.24, 2.45) is 23.2 Å². The monoisotopic (exact) mass is 438 g/mol. The molecule has 6 nitrogen and oxygen atoms in total. The van der Waals surface area contributed by atoms with Crippen molar-refractivity contribution >= 4 is 20.9 Å². The zero-order chi connectivity index (χ0) is 23.5. The molecule has 0 radical (unpaired) electrons. The van der Waals surface area contributed by atoms with Crippen molar-refractivity contribution < 1.29 is 27.7 Å². The lowest BCUT2D eigenvalue weighted by atomic mass is 9.86. The van der Waals surface area contributed by atoms with Gasteiger partial charge < -0.3 is 9.59 Å². The van der Waals surface area contributed by atoms with E-state index in [1.165, 1.54) is 0 Å². The molecule has 0 heterocycles. The summed E-state index contributed by atoms with van der Waals surface area (Å²) in [7, 11) is -3.47. The third-order valence-electron chi connectivity index (χ3n) is 4.07. The van der Waals surface area contributed by atoms with E-state index in [0.29, 0.717) is 44.0 Å². The standard InChI is InChI=1S/C18H39O4P.C3H6O.CH2O/c1-9-15(3)12-20-23(19,21-13-16(4)10-2)22-14-17(5)11-18(6,7)8;1-2-3-4;1-2/h15-17H,9-14H2,1-8H3;3H,2H2,1H3;1H2. The molecule has 0 aliphatic carbocycles.